The highest BCUT2D eigenvalue weighted by Gasteiger charge is 2.12. The lowest BCUT2D eigenvalue weighted by molar-refractivity contribution is 0.102. The second-order valence-corrected chi connectivity index (χ2v) is 4.49. The summed E-state index contributed by atoms with van der Waals surface area (Å²) < 4.78 is 14.8. The number of hydrogen-bond acceptors (Lipinski definition) is 3. The number of nitrogens with one attached hydrogen (secondary N) is 1. The van der Waals surface area contributed by atoms with Crippen molar-refractivity contribution >= 4 is 17.3 Å². The summed E-state index contributed by atoms with van der Waals surface area (Å²) in [4.78, 5) is 12.0. The monoisotopic (exact) mass is 262 g/mol. The number of nitrogen functional groups attached to an aromatic ring is 1. The van der Waals surface area contributed by atoms with Crippen molar-refractivity contribution in [3.63, 3.8) is 0 Å². The van der Waals surface area contributed by atoms with E-state index in [1.807, 2.05) is 13.8 Å². The Morgan fingerprint density at radius 2 is 2.21 bits per heavy atom. The first-order valence-corrected chi connectivity index (χ1v) is 5.88. The van der Waals surface area contributed by atoms with Gasteiger partial charge in [0.05, 0.1) is 17.4 Å². The molecule has 6 heteroatoms. The molecule has 0 atom stereocenters. The Bertz CT molecular complexity index is 606. The Labute approximate surface area is 110 Å². The van der Waals surface area contributed by atoms with Crippen LogP contribution in [0.4, 0.5) is 15.8 Å². The smallest absolute Gasteiger partial charge is 0.257 e. The molecule has 1 amide bonds. The predicted octanol–water partition coefficient (Wildman–Crippen LogP) is 2.44. The molecule has 0 fully saturated rings. The molecular weight excluding hydrogens is 247 g/mol. The molecule has 1 aromatic carbocycles. The van der Waals surface area contributed by atoms with Crippen molar-refractivity contribution in [3.05, 3.63) is 42.0 Å². The van der Waals surface area contributed by atoms with E-state index in [4.69, 9.17) is 5.73 Å². The number of amides is 1. The molecule has 0 aliphatic rings. The van der Waals surface area contributed by atoms with Crippen molar-refractivity contribution in [3.8, 4) is 0 Å². The van der Waals surface area contributed by atoms with E-state index in [-0.39, 0.29) is 17.3 Å². The fraction of sp³-hybridized carbons (Fsp3) is 0.231. The van der Waals surface area contributed by atoms with Crippen molar-refractivity contribution in [2.24, 2.45) is 0 Å². The molecule has 3 N–H and O–H groups in total. The molecule has 0 unspecified atom stereocenters. The fourth-order valence-corrected chi connectivity index (χ4v) is 1.61. The summed E-state index contributed by atoms with van der Waals surface area (Å²) in [6, 6.07) is 3.88. The van der Waals surface area contributed by atoms with E-state index in [1.54, 1.807) is 10.9 Å². The summed E-state index contributed by atoms with van der Waals surface area (Å²) in [5, 5.41) is 6.73. The van der Waals surface area contributed by atoms with Crippen molar-refractivity contribution < 1.29 is 9.18 Å². The van der Waals surface area contributed by atoms with E-state index in [0.717, 1.165) is 6.07 Å². The van der Waals surface area contributed by atoms with Crippen LogP contribution in [0.15, 0.2) is 30.6 Å². The van der Waals surface area contributed by atoms with Gasteiger partial charge in [0.1, 0.15) is 5.82 Å². The molecule has 100 valence electrons. The Morgan fingerprint density at radius 3 is 2.84 bits per heavy atom. The van der Waals surface area contributed by atoms with Gasteiger partial charge in [-0.3, -0.25) is 9.48 Å². The van der Waals surface area contributed by atoms with E-state index in [9.17, 15) is 9.18 Å². The predicted molar refractivity (Wildman–Crippen MR) is 71.4 cm³/mol. The molecule has 0 aliphatic carbocycles. The van der Waals surface area contributed by atoms with Crippen molar-refractivity contribution in [1.29, 1.82) is 0 Å². The SMILES string of the molecule is CC(C)n1cc(NC(=O)c2cc(F)ccc2N)cn1. The van der Waals surface area contributed by atoms with Crippen LogP contribution in [-0.4, -0.2) is 15.7 Å². The molecule has 19 heavy (non-hydrogen) atoms. The number of carbonyl (C=O) groups is 1. The van der Waals surface area contributed by atoms with Gasteiger partial charge < -0.3 is 11.1 Å². The Morgan fingerprint density at radius 1 is 1.47 bits per heavy atom. The normalized spacial score (nSPS) is 10.7. The van der Waals surface area contributed by atoms with Crippen LogP contribution in [0.25, 0.3) is 0 Å². The van der Waals surface area contributed by atoms with E-state index in [0.29, 0.717) is 5.69 Å². The van der Waals surface area contributed by atoms with Gasteiger partial charge in [-0.15, -0.1) is 0 Å². The maximum atomic E-state index is 13.1. The number of nitrogens with two attached hydrogens (primary N) is 1. The van der Waals surface area contributed by atoms with E-state index >= 15 is 0 Å². The van der Waals surface area contributed by atoms with Gasteiger partial charge in [0, 0.05) is 17.9 Å². The Hall–Kier alpha value is -2.37. The van der Waals surface area contributed by atoms with E-state index in [1.165, 1.54) is 18.3 Å². The Balaban J connectivity index is 2.18. The largest absolute Gasteiger partial charge is 0.398 e. The maximum Gasteiger partial charge on any atom is 0.257 e. The quantitative estimate of drug-likeness (QED) is 0.834. The third-order valence-corrected chi connectivity index (χ3v) is 2.65. The van der Waals surface area contributed by atoms with E-state index < -0.39 is 11.7 Å². The lowest BCUT2D eigenvalue weighted by Gasteiger charge is -2.06. The lowest BCUT2D eigenvalue weighted by atomic mass is 10.1. The third kappa shape index (κ3) is 2.90. The second kappa shape index (κ2) is 5.09. The summed E-state index contributed by atoms with van der Waals surface area (Å²) in [6.45, 7) is 3.95. The summed E-state index contributed by atoms with van der Waals surface area (Å²) in [5.74, 6) is -0.961. The van der Waals surface area contributed by atoms with Gasteiger partial charge in [-0.2, -0.15) is 5.10 Å². The highest BCUT2D eigenvalue weighted by Crippen LogP contribution is 2.16. The van der Waals surface area contributed by atoms with Crippen LogP contribution in [0.3, 0.4) is 0 Å². The molecule has 1 heterocycles. The van der Waals surface area contributed by atoms with Gasteiger partial charge in [0.25, 0.3) is 5.91 Å². The molecule has 2 rings (SSSR count). The van der Waals surface area contributed by atoms with Gasteiger partial charge in [0.2, 0.25) is 0 Å². The number of nitrogens with zero attached hydrogens (tertiary/aromatic N) is 2. The molecule has 0 bridgehead atoms. The van der Waals surface area contributed by atoms with Crippen LogP contribution < -0.4 is 11.1 Å². The molecule has 2 aromatic rings. The summed E-state index contributed by atoms with van der Waals surface area (Å²) in [6.07, 6.45) is 3.24. The van der Waals surface area contributed by atoms with Gasteiger partial charge in [-0.1, -0.05) is 0 Å². The lowest BCUT2D eigenvalue weighted by Crippen LogP contribution is -2.14. The number of benzene rings is 1. The maximum absolute atomic E-state index is 13.1. The van der Waals surface area contributed by atoms with Gasteiger partial charge in [-0.05, 0) is 32.0 Å². The van der Waals surface area contributed by atoms with Crippen LogP contribution >= 0.6 is 0 Å². The average molecular weight is 262 g/mol. The molecular formula is C13H15FN4O. The minimum Gasteiger partial charge on any atom is -0.398 e. The molecule has 0 spiro atoms. The van der Waals surface area contributed by atoms with Crippen LogP contribution in [0.2, 0.25) is 0 Å². The molecule has 1 aromatic heterocycles. The summed E-state index contributed by atoms with van der Waals surface area (Å²) >= 11 is 0. The molecule has 0 radical (unpaired) electrons. The first kappa shape index (κ1) is 13.1. The van der Waals surface area contributed by atoms with Crippen LogP contribution in [0.1, 0.15) is 30.2 Å². The van der Waals surface area contributed by atoms with Crippen molar-refractivity contribution in [2.45, 2.75) is 19.9 Å². The topological polar surface area (TPSA) is 72.9 Å². The average Bonchev–Trinajstić information content (AvgIpc) is 2.80. The number of carbonyl (C=O) groups excluding carboxylic acids is 1. The van der Waals surface area contributed by atoms with Gasteiger partial charge in [0.15, 0.2) is 0 Å². The van der Waals surface area contributed by atoms with Gasteiger partial charge in [-0.25, -0.2) is 4.39 Å². The first-order chi connectivity index (χ1) is 8.97. The molecule has 0 saturated carbocycles. The fourth-order valence-electron chi connectivity index (χ4n) is 1.61. The minimum atomic E-state index is -0.503. The van der Waals surface area contributed by atoms with Crippen LogP contribution in [0.5, 0.6) is 0 Å². The number of aromatic nitrogens is 2. The highest BCUT2D eigenvalue weighted by atomic mass is 19.1. The van der Waals surface area contributed by atoms with Crippen LogP contribution in [-0.2, 0) is 0 Å². The zero-order valence-corrected chi connectivity index (χ0v) is 10.7. The van der Waals surface area contributed by atoms with Gasteiger partial charge >= 0.3 is 0 Å². The summed E-state index contributed by atoms with van der Waals surface area (Å²) in [5.41, 5.74) is 6.53. The minimum absolute atomic E-state index is 0.109. The highest BCUT2D eigenvalue weighted by molar-refractivity contribution is 6.07. The zero-order chi connectivity index (χ0) is 14.0. The Kier molecular flexibility index (Phi) is 3.50. The summed E-state index contributed by atoms with van der Waals surface area (Å²) in [7, 11) is 0. The first-order valence-electron chi connectivity index (χ1n) is 5.88. The molecule has 0 saturated heterocycles. The molecule has 0 aliphatic heterocycles. The second-order valence-electron chi connectivity index (χ2n) is 4.49. The number of anilines is 2. The number of halogens is 1. The van der Waals surface area contributed by atoms with E-state index in [2.05, 4.69) is 10.4 Å². The zero-order valence-electron chi connectivity index (χ0n) is 10.7. The number of hydrogen-bond donors (Lipinski definition) is 2. The number of rotatable bonds is 3. The van der Waals surface area contributed by atoms with Crippen LogP contribution in [0, 0.1) is 5.82 Å². The third-order valence-electron chi connectivity index (χ3n) is 2.65. The van der Waals surface area contributed by atoms with Crippen molar-refractivity contribution in [2.75, 3.05) is 11.1 Å². The van der Waals surface area contributed by atoms with Crippen molar-refractivity contribution in [1.82, 2.24) is 9.78 Å². The molecule has 5 nitrogen and oxygen atoms in total. The standard InChI is InChI=1S/C13H15FN4O/c1-8(2)18-7-10(6-16-18)17-13(19)11-5-9(14)3-4-12(11)15/h3-8H,15H2,1-2H3,(H,17,19).